The molecule has 0 saturated carbocycles. The highest BCUT2D eigenvalue weighted by Crippen LogP contribution is 2.25. The molecule has 23 heavy (non-hydrogen) atoms. The van der Waals surface area contributed by atoms with Crippen molar-refractivity contribution in [3.63, 3.8) is 0 Å². The SMILES string of the molecule is Cn1cc(NC(=O)CN2CCCCc3ccccc32)ccc1=O. The Morgan fingerprint density at radius 2 is 2.00 bits per heavy atom. The second kappa shape index (κ2) is 6.69. The van der Waals surface area contributed by atoms with E-state index in [1.807, 2.05) is 12.1 Å². The largest absolute Gasteiger partial charge is 0.362 e. The van der Waals surface area contributed by atoms with E-state index in [-0.39, 0.29) is 11.5 Å². The number of nitrogens with zero attached hydrogens (tertiary/aromatic N) is 2. The number of para-hydroxylation sites is 1. The molecule has 1 aliphatic heterocycles. The standard InChI is InChI=1S/C18H21N3O2/c1-20-12-15(9-10-18(20)23)19-17(22)13-21-11-5-4-7-14-6-2-3-8-16(14)21/h2-3,6,8-10,12H,4-5,7,11,13H2,1H3,(H,19,22). The van der Waals surface area contributed by atoms with Gasteiger partial charge >= 0.3 is 0 Å². The summed E-state index contributed by atoms with van der Waals surface area (Å²) in [6.07, 6.45) is 4.93. The minimum atomic E-state index is -0.0931. The third kappa shape index (κ3) is 3.62. The van der Waals surface area contributed by atoms with Gasteiger partial charge in [-0.3, -0.25) is 9.59 Å². The maximum atomic E-state index is 12.4. The number of anilines is 2. The van der Waals surface area contributed by atoms with Gasteiger partial charge in [-0.1, -0.05) is 18.2 Å². The molecule has 5 nitrogen and oxygen atoms in total. The number of aryl methyl sites for hydroxylation is 2. The molecule has 3 rings (SSSR count). The quantitative estimate of drug-likeness (QED) is 0.945. The highest BCUT2D eigenvalue weighted by Gasteiger charge is 2.17. The predicted molar refractivity (Wildman–Crippen MR) is 91.9 cm³/mol. The van der Waals surface area contributed by atoms with Crippen molar-refractivity contribution in [3.05, 3.63) is 58.5 Å². The van der Waals surface area contributed by atoms with Crippen LogP contribution < -0.4 is 15.8 Å². The fourth-order valence-electron chi connectivity index (χ4n) is 2.98. The highest BCUT2D eigenvalue weighted by atomic mass is 16.2. The van der Waals surface area contributed by atoms with Gasteiger partial charge in [0.2, 0.25) is 11.5 Å². The number of aromatic nitrogens is 1. The van der Waals surface area contributed by atoms with Gasteiger partial charge < -0.3 is 14.8 Å². The molecular formula is C18H21N3O2. The number of benzene rings is 1. The van der Waals surface area contributed by atoms with Crippen molar-refractivity contribution in [2.24, 2.45) is 7.05 Å². The normalized spacial score (nSPS) is 14.0. The number of nitrogens with one attached hydrogen (secondary N) is 1. The Labute approximate surface area is 135 Å². The molecule has 5 heteroatoms. The van der Waals surface area contributed by atoms with Crippen LogP contribution in [-0.2, 0) is 18.3 Å². The van der Waals surface area contributed by atoms with Gasteiger partial charge in [0.05, 0.1) is 12.2 Å². The Kier molecular flexibility index (Phi) is 4.46. The molecule has 1 N–H and O–H groups in total. The molecule has 2 heterocycles. The summed E-state index contributed by atoms with van der Waals surface area (Å²) in [4.78, 5) is 25.9. The molecule has 2 aromatic rings. The summed E-state index contributed by atoms with van der Waals surface area (Å²) in [7, 11) is 1.67. The van der Waals surface area contributed by atoms with E-state index in [0.717, 1.165) is 31.5 Å². The van der Waals surface area contributed by atoms with Crippen LogP contribution >= 0.6 is 0 Å². The van der Waals surface area contributed by atoms with Gasteiger partial charge in [0.1, 0.15) is 0 Å². The van der Waals surface area contributed by atoms with E-state index >= 15 is 0 Å². The number of amides is 1. The van der Waals surface area contributed by atoms with Gasteiger partial charge in [-0.25, -0.2) is 0 Å². The topological polar surface area (TPSA) is 54.3 Å². The van der Waals surface area contributed by atoms with Crippen LogP contribution in [-0.4, -0.2) is 23.6 Å². The van der Waals surface area contributed by atoms with Gasteiger partial charge in [-0.2, -0.15) is 0 Å². The van der Waals surface area contributed by atoms with Crippen molar-refractivity contribution < 1.29 is 4.79 Å². The average molecular weight is 311 g/mol. The lowest BCUT2D eigenvalue weighted by molar-refractivity contribution is -0.115. The molecule has 0 saturated heterocycles. The van der Waals surface area contributed by atoms with E-state index in [4.69, 9.17) is 0 Å². The second-order valence-electron chi connectivity index (χ2n) is 5.92. The van der Waals surface area contributed by atoms with E-state index in [1.165, 1.54) is 16.2 Å². The smallest absolute Gasteiger partial charge is 0.250 e. The van der Waals surface area contributed by atoms with Crippen LogP contribution in [0.2, 0.25) is 0 Å². The maximum Gasteiger partial charge on any atom is 0.250 e. The molecule has 0 atom stereocenters. The molecule has 1 aromatic carbocycles. The van der Waals surface area contributed by atoms with E-state index in [9.17, 15) is 9.59 Å². The first-order valence-electron chi connectivity index (χ1n) is 7.93. The number of pyridine rings is 1. The number of hydrogen-bond donors (Lipinski definition) is 1. The Morgan fingerprint density at radius 1 is 1.17 bits per heavy atom. The number of rotatable bonds is 3. The minimum Gasteiger partial charge on any atom is -0.362 e. The average Bonchev–Trinajstić information content (AvgIpc) is 2.74. The summed E-state index contributed by atoms with van der Waals surface area (Å²) >= 11 is 0. The molecule has 1 aromatic heterocycles. The van der Waals surface area contributed by atoms with Crippen molar-refractivity contribution in [2.45, 2.75) is 19.3 Å². The molecule has 0 unspecified atom stereocenters. The lowest BCUT2D eigenvalue weighted by atomic mass is 10.1. The van der Waals surface area contributed by atoms with Crippen molar-refractivity contribution in [1.29, 1.82) is 0 Å². The third-order valence-electron chi connectivity index (χ3n) is 4.16. The van der Waals surface area contributed by atoms with Gasteiger partial charge in [0.15, 0.2) is 0 Å². The zero-order valence-electron chi connectivity index (χ0n) is 13.3. The van der Waals surface area contributed by atoms with Crippen molar-refractivity contribution in [1.82, 2.24) is 4.57 Å². The highest BCUT2D eigenvalue weighted by molar-refractivity contribution is 5.94. The van der Waals surface area contributed by atoms with Crippen molar-refractivity contribution in [2.75, 3.05) is 23.3 Å². The maximum absolute atomic E-state index is 12.4. The van der Waals surface area contributed by atoms with Crippen molar-refractivity contribution >= 4 is 17.3 Å². The van der Waals surface area contributed by atoms with E-state index in [1.54, 1.807) is 19.3 Å². The van der Waals surface area contributed by atoms with Gasteiger partial charge in [-0.05, 0) is 37.0 Å². The molecular weight excluding hydrogens is 290 g/mol. The lowest BCUT2D eigenvalue weighted by Crippen LogP contribution is -2.34. The van der Waals surface area contributed by atoms with Crippen molar-refractivity contribution in [3.8, 4) is 0 Å². The summed E-state index contributed by atoms with van der Waals surface area (Å²) in [6, 6.07) is 11.4. The molecule has 1 amide bonds. The molecule has 0 fully saturated rings. The number of hydrogen-bond acceptors (Lipinski definition) is 3. The Balaban J connectivity index is 1.72. The lowest BCUT2D eigenvalue weighted by Gasteiger charge is -2.24. The summed E-state index contributed by atoms with van der Waals surface area (Å²) in [6.45, 7) is 1.21. The third-order valence-corrected chi connectivity index (χ3v) is 4.16. The van der Waals surface area contributed by atoms with Crippen LogP contribution in [0, 0.1) is 0 Å². The Bertz CT molecular complexity index is 767. The summed E-state index contributed by atoms with van der Waals surface area (Å²) in [5.74, 6) is -0.0691. The number of fused-ring (bicyclic) bond motifs is 1. The van der Waals surface area contributed by atoms with E-state index in [0.29, 0.717) is 12.2 Å². The van der Waals surface area contributed by atoms with Crippen LogP contribution in [0.4, 0.5) is 11.4 Å². The zero-order chi connectivity index (χ0) is 16.2. The first kappa shape index (κ1) is 15.3. The van der Waals surface area contributed by atoms with Crippen LogP contribution in [0.15, 0.2) is 47.4 Å². The molecule has 0 aliphatic carbocycles. The first-order valence-corrected chi connectivity index (χ1v) is 7.93. The summed E-state index contributed by atoms with van der Waals surface area (Å²) in [5, 5.41) is 2.87. The van der Waals surface area contributed by atoms with Gasteiger partial charge in [0, 0.05) is 31.5 Å². The number of carbonyl (C=O) groups excluding carboxylic acids is 1. The molecule has 0 bridgehead atoms. The minimum absolute atomic E-state index is 0.0691. The molecule has 0 radical (unpaired) electrons. The monoisotopic (exact) mass is 311 g/mol. The fourth-order valence-corrected chi connectivity index (χ4v) is 2.98. The zero-order valence-corrected chi connectivity index (χ0v) is 13.3. The van der Waals surface area contributed by atoms with E-state index in [2.05, 4.69) is 22.3 Å². The van der Waals surface area contributed by atoms with Gasteiger partial charge in [0.25, 0.3) is 0 Å². The summed E-state index contributed by atoms with van der Waals surface area (Å²) in [5.41, 5.74) is 3.00. The fraction of sp³-hybridized carbons (Fsp3) is 0.333. The second-order valence-corrected chi connectivity index (χ2v) is 5.92. The van der Waals surface area contributed by atoms with Crippen LogP contribution in [0.1, 0.15) is 18.4 Å². The molecule has 1 aliphatic rings. The van der Waals surface area contributed by atoms with Crippen LogP contribution in [0.3, 0.4) is 0 Å². The first-order chi connectivity index (χ1) is 11.1. The number of carbonyl (C=O) groups is 1. The predicted octanol–water partition coefficient (Wildman–Crippen LogP) is 2.17. The molecule has 0 spiro atoms. The Morgan fingerprint density at radius 3 is 2.83 bits per heavy atom. The van der Waals surface area contributed by atoms with E-state index < -0.39 is 0 Å². The summed E-state index contributed by atoms with van der Waals surface area (Å²) < 4.78 is 1.46. The van der Waals surface area contributed by atoms with Gasteiger partial charge in [-0.15, -0.1) is 0 Å². The van der Waals surface area contributed by atoms with Crippen LogP contribution in [0.5, 0.6) is 0 Å². The molecule has 120 valence electrons. The Hall–Kier alpha value is -2.56. The van der Waals surface area contributed by atoms with Crippen LogP contribution in [0.25, 0.3) is 0 Å².